The van der Waals surface area contributed by atoms with Gasteiger partial charge in [-0.05, 0) is 93.6 Å². The fourth-order valence-electron chi connectivity index (χ4n) is 9.06. The van der Waals surface area contributed by atoms with E-state index in [4.69, 9.17) is 5.84 Å². The van der Waals surface area contributed by atoms with Crippen molar-refractivity contribution >= 4 is 11.7 Å². The maximum absolute atomic E-state index is 15.0. The third-order valence-corrected chi connectivity index (χ3v) is 9.74. The van der Waals surface area contributed by atoms with E-state index in [-0.39, 0.29) is 28.5 Å². The van der Waals surface area contributed by atoms with Gasteiger partial charge in [-0.3, -0.25) is 15.0 Å². The van der Waals surface area contributed by atoms with Gasteiger partial charge in [0.05, 0.1) is 11.1 Å². The lowest BCUT2D eigenvalue weighted by atomic mass is 9.46. The minimum Gasteiger partial charge on any atom is -0.298 e. The Morgan fingerprint density at radius 1 is 1.06 bits per heavy atom. The van der Waals surface area contributed by atoms with Gasteiger partial charge < -0.3 is 0 Å². The molecule has 2 unspecified atom stereocenters. The van der Waals surface area contributed by atoms with E-state index >= 15 is 0 Å². The highest BCUT2D eigenvalue weighted by Crippen LogP contribution is 2.67. The van der Waals surface area contributed by atoms with Crippen molar-refractivity contribution in [2.75, 3.05) is 0 Å². The van der Waals surface area contributed by atoms with Crippen molar-refractivity contribution in [2.45, 2.75) is 69.1 Å². The Labute approximate surface area is 196 Å². The number of fused-ring (bicyclic) bond motifs is 5. The number of ketones is 1. The van der Waals surface area contributed by atoms with Crippen LogP contribution in [0.4, 0.5) is 8.78 Å². The van der Waals surface area contributed by atoms with E-state index < -0.39 is 23.0 Å². The number of rotatable bonds is 4. The third-order valence-electron chi connectivity index (χ3n) is 9.74. The van der Waals surface area contributed by atoms with Gasteiger partial charge in [-0.1, -0.05) is 0 Å². The zero-order valence-electron chi connectivity index (χ0n) is 18.9. The van der Waals surface area contributed by atoms with Crippen molar-refractivity contribution in [1.82, 2.24) is 15.2 Å². The monoisotopic (exact) mass is 466 g/mol. The van der Waals surface area contributed by atoms with Gasteiger partial charge in [0.25, 0.3) is 5.91 Å². The van der Waals surface area contributed by atoms with Crippen molar-refractivity contribution in [3.8, 4) is 5.69 Å². The summed E-state index contributed by atoms with van der Waals surface area (Å²) in [4.78, 5) is 27.4. The number of hydrazine groups is 1. The molecule has 5 fully saturated rings. The smallest absolute Gasteiger partial charge is 0.285 e. The molecule has 0 spiro atoms. The maximum Gasteiger partial charge on any atom is 0.285 e. The van der Waals surface area contributed by atoms with Crippen LogP contribution in [-0.2, 0) is 10.2 Å². The van der Waals surface area contributed by atoms with Crippen LogP contribution in [-0.4, -0.2) is 21.5 Å². The van der Waals surface area contributed by atoms with Crippen LogP contribution in [0.15, 0.2) is 18.2 Å². The summed E-state index contributed by atoms with van der Waals surface area (Å²) in [7, 11) is 0. The number of amides is 1. The first-order valence-electron chi connectivity index (χ1n) is 12.5. The molecule has 178 valence electrons. The van der Waals surface area contributed by atoms with Crippen molar-refractivity contribution in [3.05, 3.63) is 46.8 Å². The lowest BCUT2D eigenvalue weighted by molar-refractivity contribution is -0.150. The summed E-state index contributed by atoms with van der Waals surface area (Å²) >= 11 is 0. The van der Waals surface area contributed by atoms with Gasteiger partial charge >= 0.3 is 0 Å². The van der Waals surface area contributed by atoms with Crippen LogP contribution in [0.2, 0.25) is 0 Å². The lowest BCUT2D eigenvalue weighted by Gasteiger charge is -2.57. The number of Topliss-reactive ketones (excluding diaryl/α,β-unsaturated/α-hetero) is 1. The van der Waals surface area contributed by atoms with Crippen LogP contribution in [0.3, 0.4) is 0 Å². The molecule has 6 nitrogen and oxygen atoms in total. The molecule has 6 aliphatic carbocycles. The minimum absolute atomic E-state index is 0.0115. The molecule has 8 heteroatoms. The van der Waals surface area contributed by atoms with E-state index in [1.807, 2.05) is 0 Å². The van der Waals surface area contributed by atoms with Crippen LogP contribution in [0.25, 0.3) is 5.69 Å². The highest BCUT2D eigenvalue weighted by molar-refractivity contribution is 6.00. The second-order valence-corrected chi connectivity index (χ2v) is 11.6. The molecule has 1 aromatic heterocycles. The molecule has 2 aromatic rings. The van der Waals surface area contributed by atoms with Gasteiger partial charge in [0.15, 0.2) is 17.3 Å². The van der Waals surface area contributed by atoms with Gasteiger partial charge in [-0.15, -0.1) is 0 Å². The summed E-state index contributed by atoms with van der Waals surface area (Å²) in [5, 5.41) is 4.49. The number of nitrogens with zero attached hydrogens (tertiary/aromatic N) is 2. The number of hydrogen-bond acceptors (Lipinski definition) is 4. The summed E-state index contributed by atoms with van der Waals surface area (Å²) in [5.74, 6) is 5.61. The first-order chi connectivity index (χ1) is 16.3. The van der Waals surface area contributed by atoms with Crippen LogP contribution in [0, 0.1) is 34.8 Å². The van der Waals surface area contributed by atoms with Crippen LogP contribution >= 0.6 is 0 Å². The van der Waals surface area contributed by atoms with Gasteiger partial charge in [0, 0.05) is 17.0 Å². The predicted molar refractivity (Wildman–Crippen MR) is 119 cm³/mol. The molecule has 2 atom stereocenters. The minimum atomic E-state index is -0.785. The highest BCUT2D eigenvalue weighted by atomic mass is 19.1. The Kier molecular flexibility index (Phi) is 4.11. The number of nitrogens with one attached hydrogen (secondary N) is 1. The van der Waals surface area contributed by atoms with Gasteiger partial charge in [0.1, 0.15) is 11.5 Å². The van der Waals surface area contributed by atoms with E-state index in [2.05, 4.69) is 10.5 Å². The molecule has 1 heterocycles. The molecule has 34 heavy (non-hydrogen) atoms. The summed E-state index contributed by atoms with van der Waals surface area (Å²) in [6.07, 6.45) is 8.70. The van der Waals surface area contributed by atoms with Gasteiger partial charge in [0.2, 0.25) is 0 Å². The topological polar surface area (TPSA) is 90.0 Å². The quantitative estimate of drug-likeness (QED) is 0.404. The molecule has 6 bridgehead atoms. The highest BCUT2D eigenvalue weighted by Gasteiger charge is 2.65. The Hall–Kier alpha value is -2.61. The first kappa shape index (κ1) is 20.7. The third kappa shape index (κ3) is 2.55. The normalized spacial score (nSPS) is 36.7. The molecule has 0 aliphatic heterocycles. The Morgan fingerprint density at radius 2 is 1.74 bits per heavy atom. The number of nitrogen functional groups attached to an aromatic ring is 1. The number of halogens is 2. The van der Waals surface area contributed by atoms with Crippen molar-refractivity contribution in [3.63, 3.8) is 0 Å². The number of benzene rings is 1. The number of carbonyl (C=O) groups excluding carboxylic acids is 2. The van der Waals surface area contributed by atoms with E-state index in [0.29, 0.717) is 36.3 Å². The second kappa shape index (κ2) is 6.74. The molecule has 8 rings (SSSR count). The fourth-order valence-corrected chi connectivity index (χ4v) is 9.06. The molecule has 1 amide bonds. The van der Waals surface area contributed by atoms with Crippen LogP contribution in [0.1, 0.15) is 85.5 Å². The zero-order chi connectivity index (χ0) is 23.4. The van der Waals surface area contributed by atoms with E-state index in [1.165, 1.54) is 36.1 Å². The number of hydrogen-bond donors (Lipinski definition) is 2. The average Bonchev–Trinajstić information content (AvgIpc) is 3.48. The zero-order valence-corrected chi connectivity index (χ0v) is 18.9. The number of carbonyl (C=O) groups is 2. The molecule has 3 N–H and O–H groups in total. The molecule has 0 saturated heterocycles. The number of nitrogens with two attached hydrogens (primary N) is 1. The Balaban J connectivity index is 1.42. The standard InChI is InChI=1S/C26H28F2N4O2/c27-17-1-2-19(18(28)8-17)32-22-20(21(31-32)23(33)30-29)16-3-4-26(22,12-16)24(34)25-9-13-5-14(10-25)7-15(6-13)11-25/h1-2,8,13-16H,3-7,9-12,29H2,(H,30,33). The lowest BCUT2D eigenvalue weighted by Crippen LogP contribution is -2.55. The largest absolute Gasteiger partial charge is 0.298 e. The first-order valence-corrected chi connectivity index (χ1v) is 12.5. The summed E-state index contributed by atoms with van der Waals surface area (Å²) in [6, 6.07) is 3.32. The van der Waals surface area contributed by atoms with Gasteiger partial charge in [-0.25, -0.2) is 19.3 Å². The van der Waals surface area contributed by atoms with Crippen molar-refractivity contribution in [1.29, 1.82) is 0 Å². The van der Waals surface area contributed by atoms with E-state index in [9.17, 15) is 18.4 Å². The van der Waals surface area contributed by atoms with Gasteiger partial charge in [-0.2, -0.15) is 5.10 Å². The summed E-state index contributed by atoms with van der Waals surface area (Å²) in [5.41, 5.74) is 2.60. The Bertz CT molecular complexity index is 1220. The molecular weight excluding hydrogens is 438 g/mol. The maximum atomic E-state index is 15.0. The van der Waals surface area contributed by atoms with E-state index in [0.717, 1.165) is 37.3 Å². The SMILES string of the molecule is NNC(=O)c1nn(-c2ccc(F)cc2F)c2c1C1CCC2(C(=O)C23CC4CC(CC(C4)C2)C3)C1. The van der Waals surface area contributed by atoms with E-state index in [1.54, 1.807) is 0 Å². The van der Waals surface area contributed by atoms with Crippen LogP contribution < -0.4 is 11.3 Å². The molecule has 5 saturated carbocycles. The van der Waals surface area contributed by atoms with Crippen LogP contribution in [0.5, 0.6) is 0 Å². The summed E-state index contributed by atoms with van der Waals surface area (Å²) < 4.78 is 30.1. The molecular formula is C26H28F2N4O2. The van der Waals surface area contributed by atoms with Crippen molar-refractivity contribution in [2.24, 2.45) is 29.0 Å². The fraction of sp³-hybridized carbons (Fsp3) is 0.577. The molecule has 1 aromatic carbocycles. The second-order valence-electron chi connectivity index (χ2n) is 11.6. The number of aromatic nitrogens is 2. The summed E-state index contributed by atoms with van der Waals surface area (Å²) in [6.45, 7) is 0. The Morgan fingerprint density at radius 3 is 2.35 bits per heavy atom. The van der Waals surface area contributed by atoms with Crippen molar-refractivity contribution < 1.29 is 18.4 Å². The molecule has 0 radical (unpaired) electrons. The average molecular weight is 467 g/mol. The molecule has 6 aliphatic rings. The predicted octanol–water partition coefficient (Wildman–Crippen LogP) is 4.06.